The van der Waals surface area contributed by atoms with Crippen LogP contribution < -0.4 is 11.1 Å². The summed E-state index contributed by atoms with van der Waals surface area (Å²) in [5.74, 6) is -2.08. The van der Waals surface area contributed by atoms with Gasteiger partial charge in [-0.05, 0) is 35.8 Å². The van der Waals surface area contributed by atoms with Crippen molar-refractivity contribution in [1.29, 1.82) is 0 Å². The molecule has 1 heterocycles. The molecule has 1 aromatic carbocycles. The van der Waals surface area contributed by atoms with Crippen LogP contribution in [0, 0.1) is 25.5 Å². The van der Waals surface area contributed by atoms with Crippen LogP contribution >= 0.6 is 15.9 Å². The van der Waals surface area contributed by atoms with Gasteiger partial charge in [0.2, 0.25) is 5.91 Å². The first-order valence-electron chi connectivity index (χ1n) is 6.03. The van der Waals surface area contributed by atoms with E-state index in [1.165, 1.54) is 4.68 Å². The lowest BCUT2D eigenvalue weighted by molar-refractivity contribution is -0.117. The molecule has 0 aliphatic carbocycles. The van der Waals surface area contributed by atoms with Crippen molar-refractivity contribution in [2.45, 2.75) is 20.4 Å². The number of anilines is 2. The molecular weight excluding hydrogens is 346 g/mol. The molecule has 0 radical (unpaired) electrons. The number of carbonyl (C=O) groups excluding carboxylic acids is 1. The molecular formula is C13H13BrF2N4O. The first-order valence-corrected chi connectivity index (χ1v) is 6.82. The zero-order chi connectivity index (χ0) is 15.7. The largest absolute Gasteiger partial charge is 0.396 e. The maximum atomic E-state index is 13.6. The number of benzene rings is 1. The van der Waals surface area contributed by atoms with Crippen LogP contribution in [0.5, 0.6) is 0 Å². The molecule has 112 valence electrons. The van der Waals surface area contributed by atoms with Crippen molar-refractivity contribution in [3.8, 4) is 0 Å². The third-order valence-corrected chi connectivity index (χ3v) is 3.63. The van der Waals surface area contributed by atoms with Crippen LogP contribution in [0.25, 0.3) is 0 Å². The second-order valence-corrected chi connectivity index (χ2v) is 5.39. The smallest absolute Gasteiger partial charge is 0.246 e. The molecule has 0 saturated heterocycles. The number of carbonyl (C=O) groups is 1. The van der Waals surface area contributed by atoms with Gasteiger partial charge in [0, 0.05) is 10.5 Å². The molecule has 5 nitrogen and oxygen atoms in total. The highest BCUT2D eigenvalue weighted by atomic mass is 79.9. The average molecular weight is 359 g/mol. The summed E-state index contributed by atoms with van der Waals surface area (Å²) in [5.41, 5.74) is 7.44. The number of amides is 1. The van der Waals surface area contributed by atoms with E-state index < -0.39 is 17.5 Å². The first-order chi connectivity index (χ1) is 9.79. The molecule has 2 aromatic rings. The fraction of sp³-hybridized carbons (Fsp3) is 0.231. The summed E-state index contributed by atoms with van der Waals surface area (Å²) < 4.78 is 28.2. The Morgan fingerprint density at radius 3 is 2.62 bits per heavy atom. The minimum atomic E-state index is -0.858. The van der Waals surface area contributed by atoms with Gasteiger partial charge in [0.15, 0.2) is 5.82 Å². The summed E-state index contributed by atoms with van der Waals surface area (Å²) in [6.45, 7) is 3.34. The second-order valence-electron chi connectivity index (χ2n) is 4.53. The minimum absolute atomic E-state index is 0.115. The Hall–Kier alpha value is -1.96. The summed E-state index contributed by atoms with van der Waals surface area (Å²) >= 11 is 3.00. The number of nitrogens with one attached hydrogen (secondary N) is 1. The van der Waals surface area contributed by atoms with Gasteiger partial charge in [0.1, 0.15) is 12.4 Å². The molecule has 1 amide bonds. The maximum absolute atomic E-state index is 13.6. The third kappa shape index (κ3) is 3.21. The Labute approximate surface area is 128 Å². The van der Waals surface area contributed by atoms with Gasteiger partial charge in [0.25, 0.3) is 0 Å². The number of halogens is 3. The standard InChI is InChI=1S/C13H13BrF2N4O/c1-6-12(17)7(2)20(19-6)5-11(21)18-13-9(14)3-8(15)4-10(13)16/h3-4H,5,17H2,1-2H3,(H,18,21). The highest BCUT2D eigenvalue weighted by molar-refractivity contribution is 9.10. The number of hydrogen-bond donors (Lipinski definition) is 2. The van der Waals surface area contributed by atoms with Crippen molar-refractivity contribution in [2.75, 3.05) is 11.1 Å². The molecule has 0 aliphatic rings. The molecule has 0 fully saturated rings. The van der Waals surface area contributed by atoms with Gasteiger partial charge in [-0.2, -0.15) is 5.10 Å². The number of aryl methyl sites for hydroxylation is 1. The van der Waals surface area contributed by atoms with E-state index in [9.17, 15) is 13.6 Å². The predicted molar refractivity (Wildman–Crippen MR) is 78.8 cm³/mol. The quantitative estimate of drug-likeness (QED) is 0.885. The lowest BCUT2D eigenvalue weighted by Gasteiger charge is -2.09. The summed E-state index contributed by atoms with van der Waals surface area (Å²) in [6, 6.07) is 1.77. The van der Waals surface area contributed by atoms with Crippen LogP contribution in [0.2, 0.25) is 0 Å². The lowest BCUT2D eigenvalue weighted by atomic mass is 10.3. The van der Waals surface area contributed by atoms with E-state index in [4.69, 9.17) is 5.73 Å². The van der Waals surface area contributed by atoms with Crippen molar-refractivity contribution in [3.05, 3.63) is 39.6 Å². The van der Waals surface area contributed by atoms with E-state index in [2.05, 4.69) is 26.3 Å². The van der Waals surface area contributed by atoms with Crippen molar-refractivity contribution >= 4 is 33.2 Å². The Morgan fingerprint density at radius 2 is 2.10 bits per heavy atom. The van der Waals surface area contributed by atoms with Gasteiger partial charge in [-0.25, -0.2) is 8.78 Å². The molecule has 0 atom stereocenters. The Morgan fingerprint density at radius 1 is 1.43 bits per heavy atom. The van der Waals surface area contributed by atoms with Crippen LogP contribution in [0.3, 0.4) is 0 Å². The van der Waals surface area contributed by atoms with Crippen LogP contribution in [-0.2, 0) is 11.3 Å². The van der Waals surface area contributed by atoms with Crippen LogP contribution in [0.4, 0.5) is 20.2 Å². The van der Waals surface area contributed by atoms with Crippen LogP contribution in [0.1, 0.15) is 11.4 Å². The van der Waals surface area contributed by atoms with Gasteiger partial charge in [0.05, 0.1) is 22.8 Å². The second kappa shape index (κ2) is 5.80. The zero-order valence-corrected chi connectivity index (χ0v) is 13.0. The molecule has 0 aliphatic heterocycles. The molecule has 2 rings (SSSR count). The van der Waals surface area contributed by atoms with Crippen molar-refractivity contribution in [1.82, 2.24) is 9.78 Å². The Bertz CT molecular complexity index is 691. The van der Waals surface area contributed by atoms with Gasteiger partial charge in [-0.1, -0.05) is 0 Å². The number of nitrogens with zero attached hydrogens (tertiary/aromatic N) is 2. The number of nitrogens with two attached hydrogens (primary N) is 1. The SMILES string of the molecule is Cc1nn(CC(=O)Nc2c(F)cc(F)cc2Br)c(C)c1N. The highest BCUT2D eigenvalue weighted by Gasteiger charge is 2.15. The van der Waals surface area contributed by atoms with Gasteiger partial charge in [-0.15, -0.1) is 0 Å². The molecule has 8 heteroatoms. The molecule has 0 spiro atoms. The normalized spacial score (nSPS) is 10.7. The fourth-order valence-corrected chi connectivity index (χ4v) is 2.35. The van der Waals surface area contributed by atoms with Gasteiger partial charge in [-0.3, -0.25) is 9.48 Å². The van der Waals surface area contributed by atoms with E-state index in [1.54, 1.807) is 13.8 Å². The van der Waals surface area contributed by atoms with Gasteiger partial charge >= 0.3 is 0 Å². The maximum Gasteiger partial charge on any atom is 0.246 e. The topological polar surface area (TPSA) is 72.9 Å². The Kier molecular flexibility index (Phi) is 4.26. The van der Waals surface area contributed by atoms with Crippen molar-refractivity contribution < 1.29 is 13.6 Å². The monoisotopic (exact) mass is 358 g/mol. The molecule has 21 heavy (non-hydrogen) atoms. The summed E-state index contributed by atoms with van der Waals surface area (Å²) in [7, 11) is 0. The average Bonchev–Trinajstić information content (AvgIpc) is 2.61. The number of hydrogen-bond acceptors (Lipinski definition) is 3. The van der Waals surface area contributed by atoms with Crippen LogP contribution in [0.15, 0.2) is 16.6 Å². The number of nitrogen functional groups attached to an aromatic ring is 1. The van der Waals surface area contributed by atoms with E-state index >= 15 is 0 Å². The third-order valence-electron chi connectivity index (χ3n) is 3.00. The number of rotatable bonds is 3. The summed E-state index contributed by atoms with van der Waals surface area (Å²) in [6.07, 6.45) is 0. The molecule has 3 N–H and O–H groups in total. The summed E-state index contributed by atoms with van der Waals surface area (Å²) in [5, 5.41) is 6.50. The van der Waals surface area contributed by atoms with Crippen molar-refractivity contribution in [2.24, 2.45) is 0 Å². The minimum Gasteiger partial charge on any atom is -0.396 e. The van der Waals surface area contributed by atoms with Crippen molar-refractivity contribution in [3.63, 3.8) is 0 Å². The fourth-order valence-electron chi connectivity index (χ4n) is 1.84. The predicted octanol–water partition coefficient (Wildman–Crippen LogP) is 2.76. The molecule has 1 aromatic heterocycles. The molecule has 0 bridgehead atoms. The Balaban J connectivity index is 2.17. The van der Waals surface area contributed by atoms with E-state index in [-0.39, 0.29) is 16.7 Å². The highest BCUT2D eigenvalue weighted by Crippen LogP contribution is 2.27. The molecule has 0 saturated carbocycles. The zero-order valence-electron chi connectivity index (χ0n) is 11.4. The number of aromatic nitrogens is 2. The summed E-state index contributed by atoms with van der Waals surface area (Å²) in [4.78, 5) is 12.0. The van der Waals surface area contributed by atoms with Gasteiger partial charge < -0.3 is 11.1 Å². The van der Waals surface area contributed by atoms with E-state index in [0.29, 0.717) is 23.1 Å². The first kappa shape index (κ1) is 15.4. The lowest BCUT2D eigenvalue weighted by Crippen LogP contribution is -2.21. The van der Waals surface area contributed by atoms with E-state index in [0.717, 1.165) is 6.07 Å². The van der Waals surface area contributed by atoms with E-state index in [1.807, 2.05) is 0 Å². The molecule has 0 unspecified atom stereocenters. The van der Waals surface area contributed by atoms with Crippen LogP contribution in [-0.4, -0.2) is 15.7 Å².